The maximum Gasteiger partial charge on any atom is 0.0785 e. The minimum atomic E-state index is 0.670. The highest BCUT2D eigenvalue weighted by atomic mass is 35.5. The van der Waals surface area contributed by atoms with Gasteiger partial charge in [-0.1, -0.05) is 35.3 Å². The molecule has 0 N–H and O–H groups in total. The van der Waals surface area contributed by atoms with Crippen molar-refractivity contribution in [2.45, 2.75) is 13.1 Å². The van der Waals surface area contributed by atoms with Crippen LogP contribution in [0.3, 0.4) is 0 Å². The predicted octanol–water partition coefficient (Wildman–Crippen LogP) is 3.32. The van der Waals surface area contributed by atoms with E-state index < -0.39 is 0 Å². The van der Waals surface area contributed by atoms with Crippen molar-refractivity contribution in [3.8, 4) is 0 Å². The highest BCUT2D eigenvalue weighted by molar-refractivity contribution is 6.30. The molecule has 1 aliphatic rings. The number of hydrogen-bond acceptors (Lipinski definition) is 2. The molecule has 3 rings (SSSR count). The summed E-state index contributed by atoms with van der Waals surface area (Å²) < 4.78 is 1.92. The number of halogens is 2. The minimum Gasteiger partial charge on any atom is -0.298 e. The monoisotopic (exact) mass is 295 g/mol. The fourth-order valence-corrected chi connectivity index (χ4v) is 2.75. The van der Waals surface area contributed by atoms with Crippen LogP contribution in [-0.4, -0.2) is 27.8 Å². The molecule has 1 aromatic carbocycles. The van der Waals surface area contributed by atoms with Crippen molar-refractivity contribution in [3.05, 3.63) is 52.3 Å². The van der Waals surface area contributed by atoms with Crippen LogP contribution in [0.1, 0.15) is 5.56 Å². The molecule has 19 heavy (non-hydrogen) atoms. The van der Waals surface area contributed by atoms with Crippen LogP contribution in [0.2, 0.25) is 10.0 Å². The van der Waals surface area contributed by atoms with E-state index in [4.69, 9.17) is 23.2 Å². The van der Waals surface area contributed by atoms with Crippen molar-refractivity contribution in [2.75, 3.05) is 13.1 Å². The minimum absolute atomic E-state index is 0.670. The lowest BCUT2D eigenvalue weighted by atomic mass is 9.99. The van der Waals surface area contributed by atoms with Gasteiger partial charge in [-0.2, -0.15) is 5.10 Å². The molecule has 1 aliphatic heterocycles. The highest BCUT2D eigenvalue weighted by Crippen LogP contribution is 2.21. The molecule has 3 nitrogen and oxygen atoms in total. The maximum absolute atomic E-state index is 5.88. The second kappa shape index (κ2) is 5.53. The van der Waals surface area contributed by atoms with Crippen LogP contribution in [0.15, 0.2) is 36.7 Å². The van der Waals surface area contributed by atoms with Gasteiger partial charge in [0.15, 0.2) is 0 Å². The molecular formula is C14H15Cl2N3. The molecule has 0 radical (unpaired) electrons. The van der Waals surface area contributed by atoms with Crippen LogP contribution in [0, 0.1) is 5.92 Å². The Kier molecular flexibility index (Phi) is 3.78. The third-order valence-electron chi connectivity index (χ3n) is 3.40. The molecule has 1 aromatic heterocycles. The summed E-state index contributed by atoms with van der Waals surface area (Å²) in [6.07, 6.45) is 3.56. The number of hydrogen-bond donors (Lipinski definition) is 0. The first-order valence-corrected chi connectivity index (χ1v) is 7.09. The molecule has 0 amide bonds. The highest BCUT2D eigenvalue weighted by Gasteiger charge is 2.26. The van der Waals surface area contributed by atoms with Gasteiger partial charge in [-0.15, -0.1) is 0 Å². The van der Waals surface area contributed by atoms with Crippen molar-refractivity contribution < 1.29 is 0 Å². The Morgan fingerprint density at radius 2 is 1.84 bits per heavy atom. The van der Waals surface area contributed by atoms with Crippen molar-refractivity contribution in [2.24, 2.45) is 5.92 Å². The van der Waals surface area contributed by atoms with Crippen LogP contribution in [-0.2, 0) is 13.1 Å². The molecule has 5 heteroatoms. The van der Waals surface area contributed by atoms with Gasteiger partial charge in [0.25, 0.3) is 0 Å². The topological polar surface area (TPSA) is 21.1 Å². The predicted molar refractivity (Wildman–Crippen MR) is 77.5 cm³/mol. The van der Waals surface area contributed by atoms with Gasteiger partial charge in [0.05, 0.1) is 11.2 Å². The van der Waals surface area contributed by atoms with E-state index in [-0.39, 0.29) is 0 Å². The molecule has 1 fully saturated rings. The largest absolute Gasteiger partial charge is 0.298 e. The fourth-order valence-electron chi connectivity index (χ4n) is 2.47. The van der Waals surface area contributed by atoms with E-state index in [1.54, 1.807) is 6.20 Å². The second-order valence-electron chi connectivity index (χ2n) is 5.07. The van der Waals surface area contributed by atoms with Crippen LogP contribution in [0.5, 0.6) is 0 Å². The molecule has 0 atom stereocenters. The summed E-state index contributed by atoms with van der Waals surface area (Å²) in [5, 5.41) is 5.71. The zero-order valence-corrected chi connectivity index (χ0v) is 12.0. The zero-order valence-electron chi connectivity index (χ0n) is 10.5. The summed E-state index contributed by atoms with van der Waals surface area (Å²) in [5.41, 5.74) is 1.31. The summed E-state index contributed by atoms with van der Waals surface area (Å²) in [6, 6.07) is 8.06. The van der Waals surface area contributed by atoms with E-state index in [1.807, 2.05) is 23.0 Å². The van der Waals surface area contributed by atoms with Crippen molar-refractivity contribution in [1.82, 2.24) is 14.7 Å². The van der Waals surface area contributed by atoms with Crippen molar-refractivity contribution in [3.63, 3.8) is 0 Å². The average Bonchev–Trinajstić information content (AvgIpc) is 2.75. The van der Waals surface area contributed by atoms with Gasteiger partial charge in [0.1, 0.15) is 0 Å². The fraction of sp³-hybridized carbons (Fsp3) is 0.357. The van der Waals surface area contributed by atoms with Gasteiger partial charge in [0.2, 0.25) is 0 Å². The Morgan fingerprint density at radius 1 is 1.11 bits per heavy atom. The zero-order chi connectivity index (χ0) is 13.2. The van der Waals surface area contributed by atoms with Crippen LogP contribution in [0.25, 0.3) is 0 Å². The van der Waals surface area contributed by atoms with Crippen LogP contribution >= 0.6 is 23.2 Å². The first-order chi connectivity index (χ1) is 9.19. The Balaban J connectivity index is 1.46. The first-order valence-electron chi connectivity index (χ1n) is 6.34. The Hall–Kier alpha value is -1.03. The quantitative estimate of drug-likeness (QED) is 0.863. The number of aromatic nitrogens is 2. The van der Waals surface area contributed by atoms with Crippen molar-refractivity contribution >= 4 is 23.2 Å². The number of nitrogens with zero attached hydrogens (tertiary/aromatic N) is 3. The van der Waals surface area contributed by atoms with Crippen molar-refractivity contribution in [1.29, 1.82) is 0 Å². The van der Waals surface area contributed by atoms with Gasteiger partial charge >= 0.3 is 0 Å². The van der Waals surface area contributed by atoms with E-state index in [0.29, 0.717) is 10.9 Å². The first kappa shape index (κ1) is 13.0. The SMILES string of the molecule is Clc1ccc(CN2CC(Cn3cc(Cl)cn3)C2)cc1. The van der Waals surface area contributed by atoms with E-state index in [9.17, 15) is 0 Å². The Bertz CT molecular complexity index is 544. The molecule has 0 spiro atoms. The van der Waals surface area contributed by atoms with Gasteiger partial charge in [-0.3, -0.25) is 9.58 Å². The van der Waals surface area contributed by atoms with Crippen LogP contribution in [0.4, 0.5) is 0 Å². The molecule has 2 aromatic rings. The summed E-state index contributed by atoms with van der Waals surface area (Å²) in [5.74, 6) is 0.670. The third-order valence-corrected chi connectivity index (χ3v) is 3.85. The lowest BCUT2D eigenvalue weighted by molar-refractivity contribution is 0.0778. The second-order valence-corrected chi connectivity index (χ2v) is 5.94. The van der Waals surface area contributed by atoms with Gasteiger partial charge in [-0.25, -0.2) is 0 Å². The molecule has 100 valence electrons. The Labute approximate surface area is 122 Å². The molecule has 0 bridgehead atoms. The van der Waals surface area contributed by atoms with E-state index in [1.165, 1.54) is 5.56 Å². The number of likely N-dealkylation sites (tertiary alicyclic amines) is 1. The normalized spacial score (nSPS) is 16.5. The molecular weight excluding hydrogens is 281 g/mol. The Morgan fingerprint density at radius 3 is 2.47 bits per heavy atom. The van der Waals surface area contributed by atoms with Gasteiger partial charge < -0.3 is 0 Å². The summed E-state index contributed by atoms with van der Waals surface area (Å²) in [7, 11) is 0. The maximum atomic E-state index is 5.88. The summed E-state index contributed by atoms with van der Waals surface area (Å²) in [4.78, 5) is 2.43. The van der Waals surface area contributed by atoms with Crippen LogP contribution < -0.4 is 0 Å². The standard InChI is InChI=1S/C14H15Cl2N3/c15-13-3-1-11(2-4-13)6-18-7-12(8-18)9-19-10-14(16)5-17-19/h1-5,10,12H,6-9H2. The summed E-state index contributed by atoms with van der Waals surface area (Å²) in [6.45, 7) is 4.16. The van der Waals surface area contributed by atoms with Gasteiger partial charge in [-0.05, 0) is 17.7 Å². The van der Waals surface area contributed by atoms with E-state index in [0.717, 1.165) is 31.2 Å². The summed E-state index contributed by atoms with van der Waals surface area (Å²) >= 11 is 11.7. The third kappa shape index (κ3) is 3.30. The van der Waals surface area contributed by atoms with Gasteiger partial charge in [0, 0.05) is 43.3 Å². The average molecular weight is 296 g/mol. The van der Waals surface area contributed by atoms with E-state index in [2.05, 4.69) is 22.1 Å². The molecule has 1 saturated heterocycles. The smallest absolute Gasteiger partial charge is 0.0785 e. The molecule has 0 saturated carbocycles. The molecule has 0 aliphatic carbocycles. The lowest BCUT2D eigenvalue weighted by Crippen LogP contribution is -2.47. The number of benzene rings is 1. The number of rotatable bonds is 4. The van der Waals surface area contributed by atoms with E-state index >= 15 is 0 Å². The lowest BCUT2D eigenvalue weighted by Gasteiger charge is -2.39. The molecule has 2 heterocycles. The molecule has 0 unspecified atom stereocenters.